The molecule has 0 bridgehead atoms. The van der Waals surface area contributed by atoms with Crippen molar-refractivity contribution in [2.45, 2.75) is 92.9 Å². The number of rotatable bonds is 2. The molecular formula is C50H53BN2O4S. The van der Waals surface area contributed by atoms with Gasteiger partial charge < -0.3 is 28.7 Å². The van der Waals surface area contributed by atoms with Gasteiger partial charge in [0.05, 0.1) is 42.8 Å². The summed E-state index contributed by atoms with van der Waals surface area (Å²) < 4.78 is 27.0. The van der Waals surface area contributed by atoms with Crippen molar-refractivity contribution in [3.05, 3.63) is 100 Å². The number of aryl methyl sites for hydroxylation is 3. The highest BCUT2D eigenvalue weighted by Crippen LogP contribution is 2.53. The standard InChI is InChI=1S/C50H53BN2O4S/c1-28-22-33(50(8,9)10)23-29(2)45(28)52-36-14-11-15-37-44(36)51(35-26-39-40(27-38(35)52)55-19-12-18-54-39)43-34-25-32(49(5,6)7)16-17-42(34)58-48(43)53(37)46-30(3)24-41-47(31(46)4)57-21-13-20-56-41/h11,14-17,22-27H,12-13,18-21H2,1-10H3. The molecule has 296 valence electrons. The Balaban J connectivity index is 1.33. The van der Waals surface area contributed by atoms with Crippen LogP contribution in [0.15, 0.2) is 66.7 Å². The minimum atomic E-state index is -0.0553. The molecule has 0 spiro atoms. The molecule has 0 saturated heterocycles. The number of hydrogen-bond donors (Lipinski definition) is 0. The second kappa shape index (κ2) is 13.2. The fourth-order valence-corrected chi connectivity index (χ4v) is 11.0. The number of hydrogen-bond acceptors (Lipinski definition) is 7. The summed E-state index contributed by atoms with van der Waals surface area (Å²) in [5.41, 5.74) is 17.2. The van der Waals surface area contributed by atoms with E-state index in [0.717, 1.165) is 58.3 Å². The molecule has 0 fully saturated rings. The number of anilines is 6. The molecule has 58 heavy (non-hydrogen) atoms. The lowest BCUT2D eigenvalue weighted by molar-refractivity contribution is 0.296. The van der Waals surface area contributed by atoms with E-state index in [1.807, 2.05) is 11.3 Å². The van der Waals surface area contributed by atoms with E-state index in [-0.39, 0.29) is 17.5 Å². The lowest BCUT2D eigenvalue weighted by Crippen LogP contribution is -2.61. The maximum Gasteiger partial charge on any atom is 0.254 e. The van der Waals surface area contributed by atoms with Crippen LogP contribution in [0, 0.1) is 27.7 Å². The summed E-state index contributed by atoms with van der Waals surface area (Å²) in [5.74, 6) is 3.31. The largest absolute Gasteiger partial charge is 0.490 e. The average Bonchev–Trinajstić information content (AvgIpc) is 3.28. The van der Waals surface area contributed by atoms with E-state index >= 15 is 0 Å². The highest BCUT2D eigenvalue weighted by molar-refractivity contribution is 7.26. The van der Waals surface area contributed by atoms with Crippen LogP contribution in [0.1, 0.15) is 87.8 Å². The van der Waals surface area contributed by atoms with Gasteiger partial charge in [-0.3, -0.25) is 0 Å². The third-order valence-corrected chi connectivity index (χ3v) is 13.8. The van der Waals surface area contributed by atoms with Crippen LogP contribution in [0.25, 0.3) is 10.1 Å². The van der Waals surface area contributed by atoms with Gasteiger partial charge in [0.15, 0.2) is 23.0 Å². The molecule has 6 nitrogen and oxygen atoms in total. The Morgan fingerprint density at radius 3 is 1.84 bits per heavy atom. The van der Waals surface area contributed by atoms with Crippen LogP contribution < -0.4 is 45.1 Å². The Morgan fingerprint density at radius 1 is 0.569 bits per heavy atom. The van der Waals surface area contributed by atoms with Crippen molar-refractivity contribution >= 4 is 78.0 Å². The van der Waals surface area contributed by atoms with Crippen molar-refractivity contribution < 1.29 is 18.9 Å². The monoisotopic (exact) mass is 788 g/mol. The zero-order chi connectivity index (χ0) is 40.4. The Hall–Kier alpha value is -5.08. The zero-order valence-corrected chi connectivity index (χ0v) is 36.4. The second-order valence-corrected chi connectivity index (χ2v) is 19.8. The first-order valence-corrected chi connectivity index (χ1v) is 21.8. The van der Waals surface area contributed by atoms with E-state index in [4.69, 9.17) is 18.9 Å². The van der Waals surface area contributed by atoms with Crippen LogP contribution in [0.4, 0.5) is 33.4 Å². The summed E-state index contributed by atoms with van der Waals surface area (Å²) in [6, 6.07) is 25.6. The Kier molecular flexibility index (Phi) is 8.48. The van der Waals surface area contributed by atoms with Crippen LogP contribution in [-0.4, -0.2) is 33.1 Å². The van der Waals surface area contributed by atoms with E-state index in [1.54, 1.807) is 0 Å². The van der Waals surface area contributed by atoms with Gasteiger partial charge in [-0.25, -0.2) is 0 Å². The molecule has 1 aromatic heterocycles. The first kappa shape index (κ1) is 37.2. The van der Waals surface area contributed by atoms with E-state index < -0.39 is 0 Å². The fraction of sp³-hybridized carbons (Fsp3) is 0.360. The van der Waals surface area contributed by atoms with Gasteiger partial charge in [-0.05, 0) is 118 Å². The second-order valence-electron chi connectivity index (χ2n) is 18.8. The molecule has 0 unspecified atom stereocenters. The lowest BCUT2D eigenvalue weighted by atomic mass is 9.33. The minimum Gasteiger partial charge on any atom is -0.490 e. The van der Waals surface area contributed by atoms with Crippen molar-refractivity contribution in [2.24, 2.45) is 0 Å². The summed E-state index contributed by atoms with van der Waals surface area (Å²) in [4.78, 5) is 5.09. The van der Waals surface area contributed by atoms with Crippen LogP contribution in [0.5, 0.6) is 23.0 Å². The molecule has 8 heteroatoms. The van der Waals surface area contributed by atoms with Gasteiger partial charge in [-0.2, -0.15) is 0 Å². The number of benzene rings is 5. The first-order chi connectivity index (χ1) is 27.7. The SMILES string of the molecule is Cc1cc(C(C)(C)C)cc(C)c1N1c2cc3c(cc2B2c4c1cccc4N(c1c(C)cc4c(c1C)OCCCO4)c1sc4ccc(C(C)(C)C)cc4c12)OCCCO3. The van der Waals surface area contributed by atoms with Gasteiger partial charge in [0, 0.05) is 46.2 Å². The molecular weight excluding hydrogens is 735 g/mol. The Morgan fingerprint density at radius 2 is 1.17 bits per heavy atom. The zero-order valence-electron chi connectivity index (χ0n) is 35.6. The van der Waals surface area contributed by atoms with E-state index in [0.29, 0.717) is 26.4 Å². The first-order valence-electron chi connectivity index (χ1n) is 21.0. The quantitative estimate of drug-likeness (QED) is 0.163. The summed E-state index contributed by atoms with van der Waals surface area (Å²) in [6.07, 6.45) is 1.71. The molecule has 4 aliphatic rings. The van der Waals surface area contributed by atoms with Gasteiger partial charge in [-0.1, -0.05) is 71.9 Å². The van der Waals surface area contributed by atoms with Crippen molar-refractivity contribution in [3.63, 3.8) is 0 Å². The summed E-state index contributed by atoms with van der Waals surface area (Å²) in [5, 5.41) is 2.55. The molecule has 5 heterocycles. The summed E-state index contributed by atoms with van der Waals surface area (Å²) in [6.45, 7) is 25.3. The van der Waals surface area contributed by atoms with Gasteiger partial charge in [-0.15, -0.1) is 11.3 Å². The lowest BCUT2D eigenvalue weighted by Gasteiger charge is -2.44. The highest BCUT2D eigenvalue weighted by Gasteiger charge is 2.47. The van der Waals surface area contributed by atoms with Gasteiger partial charge in [0.1, 0.15) is 0 Å². The number of ether oxygens (including phenoxy) is 4. The molecule has 0 saturated carbocycles. The van der Waals surface area contributed by atoms with Crippen LogP contribution in [-0.2, 0) is 10.8 Å². The van der Waals surface area contributed by atoms with Crippen molar-refractivity contribution in [1.29, 1.82) is 0 Å². The number of thiophene rings is 1. The molecule has 0 N–H and O–H groups in total. The van der Waals surface area contributed by atoms with E-state index in [9.17, 15) is 0 Å². The van der Waals surface area contributed by atoms with E-state index in [2.05, 4.69) is 146 Å². The number of nitrogens with zero attached hydrogens (tertiary/aromatic N) is 2. The maximum absolute atomic E-state index is 6.51. The smallest absolute Gasteiger partial charge is 0.254 e. The maximum atomic E-state index is 6.51. The molecule has 10 rings (SSSR count). The Labute approximate surface area is 347 Å². The van der Waals surface area contributed by atoms with Gasteiger partial charge in [0.25, 0.3) is 6.71 Å². The molecule has 5 aromatic carbocycles. The van der Waals surface area contributed by atoms with Crippen molar-refractivity contribution in [1.82, 2.24) is 0 Å². The van der Waals surface area contributed by atoms with Gasteiger partial charge >= 0.3 is 0 Å². The summed E-state index contributed by atoms with van der Waals surface area (Å²) >= 11 is 1.89. The van der Waals surface area contributed by atoms with Crippen molar-refractivity contribution in [3.8, 4) is 23.0 Å². The third-order valence-electron chi connectivity index (χ3n) is 12.6. The molecule has 0 amide bonds. The van der Waals surface area contributed by atoms with Crippen LogP contribution >= 0.6 is 11.3 Å². The molecule has 6 aromatic rings. The third kappa shape index (κ3) is 5.65. The summed E-state index contributed by atoms with van der Waals surface area (Å²) in [7, 11) is 0. The molecule has 0 aliphatic carbocycles. The van der Waals surface area contributed by atoms with Crippen LogP contribution in [0.3, 0.4) is 0 Å². The predicted octanol–water partition coefficient (Wildman–Crippen LogP) is 11.1. The minimum absolute atomic E-state index is 0.0139. The Bertz CT molecular complexity index is 2660. The molecule has 4 aliphatic heterocycles. The molecule has 0 radical (unpaired) electrons. The van der Waals surface area contributed by atoms with Gasteiger partial charge in [0.2, 0.25) is 0 Å². The molecule has 0 atom stereocenters. The van der Waals surface area contributed by atoms with Crippen molar-refractivity contribution in [2.75, 3.05) is 36.2 Å². The number of fused-ring (bicyclic) bond motifs is 8. The van der Waals surface area contributed by atoms with Crippen LogP contribution in [0.2, 0.25) is 0 Å². The van der Waals surface area contributed by atoms with E-state index in [1.165, 1.54) is 70.8 Å². The highest BCUT2D eigenvalue weighted by atomic mass is 32.1. The predicted molar refractivity (Wildman–Crippen MR) is 243 cm³/mol. The normalized spacial score (nSPS) is 15.8. The topological polar surface area (TPSA) is 43.4 Å². The average molecular weight is 789 g/mol. The fourth-order valence-electron chi connectivity index (χ4n) is 9.74.